The molecule has 1 aromatic heterocycles. The third-order valence-corrected chi connectivity index (χ3v) is 1.95. The van der Waals surface area contributed by atoms with Gasteiger partial charge in [-0.25, -0.2) is 9.97 Å². The van der Waals surface area contributed by atoms with Crippen molar-refractivity contribution in [1.82, 2.24) is 9.97 Å². The van der Waals surface area contributed by atoms with E-state index in [1.54, 1.807) is 0 Å². The van der Waals surface area contributed by atoms with Gasteiger partial charge in [-0.2, -0.15) is 13.2 Å². The second-order valence-electron chi connectivity index (χ2n) is 2.96. The first-order chi connectivity index (χ1) is 7.00. The number of ketones is 1. The van der Waals surface area contributed by atoms with Crippen LogP contribution < -0.4 is 0 Å². The molecule has 0 radical (unpaired) electrons. The van der Waals surface area contributed by atoms with Crippen molar-refractivity contribution in [2.45, 2.75) is 12.8 Å². The molecule has 15 heavy (non-hydrogen) atoms. The number of halogens is 3. The van der Waals surface area contributed by atoms with Crippen LogP contribution in [0.15, 0.2) is 6.33 Å². The highest BCUT2D eigenvalue weighted by Gasteiger charge is 2.39. The lowest BCUT2D eigenvalue weighted by Gasteiger charge is -2.17. The van der Waals surface area contributed by atoms with Gasteiger partial charge < -0.3 is 4.74 Å². The lowest BCUT2D eigenvalue weighted by atomic mass is 10.1. The summed E-state index contributed by atoms with van der Waals surface area (Å²) in [6.07, 6.45) is -3.86. The van der Waals surface area contributed by atoms with Gasteiger partial charge in [0.05, 0.1) is 17.9 Å². The van der Waals surface area contributed by atoms with Crippen LogP contribution in [0.5, 0.6) is 0 Å². The van der Waals surface area contributed by atoms with Crippen LogP contribution in [0.4, 0.5) is 13.2 Å². The second kappa shape index (κ2) is 3.27. The highest BCUT2D eigenvalue weighted by Crippen LogP contribution is 2.32. The van der Waals surface area contributed by atoms with Gasteiger partial charge in [0, 0.05) is 0 Å². The average molecular weight is 218 g/mol. The average Bonchev–Trinajstić information content (AvgIpc) is 2.16. The summed E-state index contributed by atoms with van der Waals surface area (Å²) in [6.45, 7) is -0.448. The first-order valence-electron chi connectivity index (χ1n) is 4.02. The van der Waals surface area contributed by atoms with Gasteiger partial charge in [0.25, 0.3) is 0 Å². The third-order valence-electron chi connectivity index (χ3n) is 1.95. The van der Waals surface area contributed by atoms with Crippen LogP contribution in [-0.4, -0.2) is 22.4 Å². The summed E-state index contributed by atoms with van der Waals surface area (Å²) in [5.74, 6) is -0.732. The van der Waals surface area contributed by atoms with Crippen molar-refractivity contribution in [3.8, 4) is 0 Å². The Morgan fingerprint density at radius 2 is 2.00 bits per heavy atom. The van der Waals surface area contributed by atoms with Crippen LogP contribution in [0.2, 0.25) is 0 Å². The van der Waals surface area contributed by atoms with Crippen molar-refractivity contribution in [1.29, 1.82) is 0 Å². The molecular formula is C8H5F3N2O2. The zero-order valence-corrected chi connectivity index (χ0v) is 7.34. The number of nitrogens with zero attached hydrogens (tertiary/aromatic N) is 2. The van der Waals surface area contributed by atoms with E-state index in [4.69, 9.17) is 4.74 Å². The molecular weight excluding hydrogens is 213 g/mol. The normalized spacial score (nSPS) is 16.3. The van der Waals surface area contributed by atoms with Gasteiger partial charge in [0.2, 0.25) is 0 Å². The smallest absolute Gasteiger partial charge is 0.367 e. The van der Waals surface area contributed by atoms with E-state index >= 15 is 0 Å². The number of carbonyl (C=O) groups excluding carboxylic acids is 1. The maximum Gasteiger partial charge on any atom is 0.434 e. The summed E-state index contributed by atoms with van der Waals surface area (Å²) in [5.41, 5.74) is -1.65. The van der Waals surface area contributed by atoms with Crippen molar-refractivity contribution in [2.75, 3.05) is 6.61 Å². The van der Waals surface area contributed by atoms with Crippen LogP contribution in [-0.2, 0) is 17.5 Å². The summed E-state index contributed by atoms with van der Waals surface area (Å²) >= 11 is 0. The Kier molecular flexibility index (Phi) is 2.18. The van der Waals surface area contributed by atoms with Crippen LogP contribution in [0.3, 0.4) is 0 Å². The second-order valence-corrected chi connectivity index (χ2v) is 2.96. The molecule has 0 atom stereocenters. The van der Waals surface area contributed by atoms with Crippen LogP contribution in [0.25, 0.3) is 0 Å². The van der Waals surface area contributed by atoms with Crippen molar-refractivity contribution in [2.24, 2.45) is 0 Å². The molecule has 0 saturated carbocycles. The molecule has 7 heteroatoms. The first-order valence-corrected chi connectivity index (χ1v) is 4.02. The van der Waals surface area contributed by atoms with E-state index in [-0.39, 0.29) is 18.9 Å². The summed E-state index contributed by atoms with van der Waals surface area (Å²) in [4.78, 5) is 17.9. The summed E-state index contributed by atoms with van der Waals surface area (Å²) in [6, 6.07) is 0. The van der Waals surface area contributed by atoms with Crippen LogP contribution in [0, 0.1) is 0 Å². The molecule has 4 nitrogen and oxygen atoms in total. The lowest BCUT2D eigenvalue weighted by molar-refractivity contribution is -0.141. The topological polar surface area (TPSA) is 52.1 Å². The Hall–Kier alpha value is -1.50. The zero-order valence-electron chi connectivity index (χ0n) is 7.34. The largest absolute Gasteiger partial charge is 0.434 e. The molecule has 2 rings (SSSR count). The summed E-state index contributed by atoms with van der Waals surface area (Å²) < 4.78 is 42.2. The lowest BCUT2D eigenvalue weighted by Crippen LogP contribution is -2.25. The quantitative estimate of drug-likeness (QED) is 0.656. The molecule has 80 valence electrons. The number of aromatic nitrogens is 2. The zero-order chi connectivity index (χ0) is 11.1. The molecule has 1 aliphatic heterocycles. The number of fused-ring (bicyclic) bond motifs is 1. The summed E-state index contributed by atoms with van der Waals surface area (Å²) in [7, 11) is 0. The molecule has 2 heterocycles. The summed E-state index contributed by atoms with van der Waals surface area (Å²) in [5, 5.41) is 0. The highest BCUT2D eigenvalue weighted by atomic mass is 19.4. The molecule has 0 unspecified atom stereocenters. The van der Waals surface area contributed by atoms with E-state index in [2.05, 4.69) is 9.97 Å². The number of rotatable bonds is 0. The maximum absolute atomic E-state index is 12.5. The number of Topliss-reactive ketones (excluding diaryl/α,β-unsaturated/α-hetero) is 1. The monoisotopic (exact) mass is 218 g/mol. The fraction of sp³-hybridized carbons (Fsp3) is 0.375. The van der Waals surface area contributed by atoms with E-state index in [0.29, 0.717) is 0 Å². The minimum Gasteiger partial charge on any atom is -0.367 e. The van der Waals surface area contributed by atoms with Crippen molar-refractivity contribution < 1.29 is 22.7 Å². The Labute approximate surface area is 82.1 Å². The molecule has 0 fully saturated rings. The SMILES string of the molecule is O=C1COCc2ncnc(C(F)(F)F)c21. The molecule has 0 aliphatic carbocycles. The van der Waals surface area contributed by atoms with Crippen molar-refractivity contribution >= 4 is 5.78 Å². The molecule has 0 aromatic carbocycles. The van der Waals surface area contributed by atoms with Gasteiger partial charge in [0.15, 0.2) is 11.5 Å². The highest BCUT2D eigenvalue weighted by molar-refractivity contribution is 5.99. The minimum atomic E-state index is -4.64. The van der Waals surface area contributed by atoms with Gasteiger partial charge in [-0.15, -0.1) is 0 Å². The standard InChI is InChI=1S/C8H5F3N2O2/c9-8(10,11)7-6-4(12-3-13-7)1-15-2-5(6)14/h3H,1-2H2. The fourth-order valence-corrected chi connectivity index (χ4v) is 1.35. The van der Waals surface area contributed by atoms with E-state index < -0.39 is 23.2 Å². The van der Waals surface area contributed by atoms with Crippen LogP contribution in [0.1, 0.15) is 21.7 Å². The number of hydrogen-bond acceptors (Lipinski definition) is 4. The van der Waals surface area contributed by atoms with Crippen LogP contribution >= 0.6 is 0 Å². The van der Waals surface area contributed by atoms with E-state index in [0.717, 1.165) is 6.33 Å². The fourth-order valence-electron chi connectivity index (χ4n) is 1.35. The van der Waals surface area contributed by atoms with Crippen molar-refractivity contribution in [3.05, 3.63) is 23.3 Å². The predicted octanol–water partition coefficient (Wildman–Crippen LogP) is 1.21. The predicted molar refractivity (Wildman–Crippen MR) is 41.0 cm³/mol. The van der Waals surface area contributed by atoms with Gasteiger partial charge in [-0.05, 0) is 0 Å². The Morgan fingerprint density at radius 3 is 2.67 bits per heavy atom. The number of carbonyl (C=O) groups is 1. The third kappa shape index (κ3) is 1.70. The molecule has 0 N–H and O–H groups in total. The number of alkyl halides is 3. The minimum absolute atomic E-state index is 0.00595. The Bertz CT molecular complexity index is 417. The number of hydrogen-bond donors (Lipinski definition) is 0. The molecule has 0 bridgehead atoms. The van der Waals surface area contributed by atoms with Gasteiger partial charge in [-0.1, -0.05) is 0 Å². The first kappa shape index (κ1) is 10.0. The molecule has 1 aliphatic rings. The molecule has 1 aromatic rings. The molecule has 0 saturated heterocycles. The van der Waals surface area contributed by atoms with Gasteiger partial charge in [0.1, 0.15) is 12.9 Å². The maximum atomic E-state index is 12.5. The Morgan fingerprint density at radius 1 is 1.27 bits per heavy atom. The van der Waals surface area contributed by atoms with E-state index in [1.165, 1.54) is 0 Å². The van der Waals surface area contributed by atoms with E-state index in [9.17, 15) is 18.0 Å². The Balaban J connectivity index is 2.62. The van der Waals surface area contributed by atoms with Crippen molar-refractivity contribution in [3.63, 3.8) is 0 Å². The molecule has 0 amide bonds. The van der Waals surface area contributed by atoms with Gasteiger partial charge >= 0.3 is 6.18 Å². The number of ether oxygens (including phenoxy) is 1. The van der Waals surface area contributed by atoms with E-state index in [1.807, 2.05) is 0 Å². The molecule has 0 spiro atoms. The van der Waals surface area contributed by atoms with Gasteiger partial charge in [-0.3, -0.25) is 4.79 Å².